The maximum atomic E-state index is 13.9. The van der Waals surface area contributed by atoms with Gasteiger partial charge < -0.3 is 14.2 Å². The summed E-state index contributed by atoms with van der Waals surface area (Å²) in [6.45, 7) is 9.96. The Kier molecular flexibility index (Phi) is 9.10. The number of aromatic nitrogens is 2. The van der Waals surface area contributed by atoms with Gasteiger partial charge in [-0.25, -0.2) is 9.48 Å². The van der Waals surface area contributed by atoms with Crippen LogP contribution in [-0.4, -0.2) is 34.1 Å². The first-order valence-electron chi connectivity index (χ1n) is 13.0. The molecule has 4 aromatic rings. The van der Waals surface area contributed by atoms with E-state index in [-0.39, 0.29) is 12.4 Å². The number of thioether (sulfide) groups is 1. The normalized spacial score (nSPS) is 12.3. The maximum Gasteiger partial charge on any atom is 0.419 e. The Balaban J connectivity index is 1.59. The number of fused-ring (bicyclic) bond motifs is 1. The van der Waals surface area contributed by atoms with E-state index in [2.05, 4.69) is 11.7 Å². The molecule has 3 aromatic carbocycles. The predicted molar refractivity (Wildman–Crippen MR) is 154 cm³/mol. The van der Waals surface area contributed by atoms with Crippen LogP contribution in [0.3, 0.4) is 0 Å². The van der Waals surface area contributed by atoms with E-state index in [4.69, 9.17) is 14.2 Å². The third-order valence-electron chi connectivity index (χ3n) is 5.95. The smallest absolute Gasteiger partial charge is 0.419 e. The van der Waals surface area contributed by atoms with Crippen LogP contribution in [0.5, 0.6) is 11.5 Å². The molecule has 228 valence electrons. The molecule has 1 aromatic heterocycles. The van der Waals surface area contributed by atoms with E-state index in [0.29, 0.717) is 39.9 Å². The third kappa shape index (κ3) is 8.28. The first-order valence-corrected chi connectivity index (χ1v) is 14.0. The number of carbonyl (C=O) groups excluding carboxylic acids is 1. The molecule has 6 nitrogen and oxygen atoms in total. The summed E-state index contributed by atoms with van der Waals surface area (Å²) in [5.41, 5.74) is 0.693. The second-order valence-electron chi connectivity index (χ2n) is 10.5. The third-order valence-corrected chi connectivity index (χ3v) is 6.95. The van der Waals surface area contributed by atoms with E-state index in [1.165, 1.54) is 46.8 Å². The fourth-order valence-electron chi connectivity index (χ4n) is 4.05. The van der Waals surface area contributed by atoms with E-state index in [0.717, 1.165) is 22.6 Å². The first kappa shape index (κ1) is 31.9. The SMILES string of the molecule is C=CC(F)(F)Oc1ccc2c(c1)c(CSc1ccc(OCC(=O)OC(C)(C)C)c(C)c1)nn2-c1ccc(C(F)(F)F)cc1. The van der Waals surface area contributed by atoms with Crippen molar-refractivity contribution < 1.29 is 41.0 Å². The van der Waals surface area contributed by atoms with Gasteiger partial charge in [-0.2, -0.15) is 27.1 Å². The lowest BCUT2D eigenvalue weighted by molar-refractivity contribution is -0.157. The molecule has 0 aliphatic rings. The van der Waals surface area contributed by atoms with Gasteiger partial charge in [0.1, 0.15) is 17.1 Å². The van der Waals surface area contributed by atoms with Crippen LogP contribution >= 0.6 is 11.8 Å². The van der Waals surface area contributed by atoms with Crippen LogP contribution in [0.25, 0.3) is 16.6 Å². The second-order valence-corrected chi connectivity index (χ2v) is 11.6. The zero-order valence-corrected chi connectivity index (χ0v) is 24.6. The summed E-state index contributed by atoms with van der Waals surface area (Å²) in [4.78, 5) is 12.8. The number of hydrogen-bond acceptors (Lipinski definition) is 6. The van der Waals surface area contributed by atoms with Crippen molar-refractivity contribution in [3.63, 3.8) is 0 Å². The average Bonchev–Trinajstić information content (AvgIpc) is 3.27. The highest BCUT2D eigenvalue weighted by Gasteiger charge is 2.30. The van der Waals surface area contributed by atoms with Crippen molar-refractivity contribution >= 4 is 28.6 Å². The predicted octanol–water partition coefficient (Wildman–Crippen LogP) is 8.52. The number of benzene rings is 3. The highest BCUT2D eigenvalue weighted by atomic mass is 32.2. The highest BCUT2D eigenvalue weighted by Crippen LogP contribution is 2.35. The fourth-order valence-corrected chi connectivity index (χ4v) is 4.99. The summed E-state index contributed by atoms with van der Waals surface area (Å²) in [6, 6.07) is 14.1. The summed E-state index contributed by atoms with van der Waals surface area (Å²) < 4.78 is 84.1. The molecule has 0 N–H and O–H groups in total. The first-order chi connectivity index (χ1) is 20.0. The molecule has 12 heteroatoms. The minimum Gasteiger partial charge on any atom is -0.482 e. The zero-order valence-electron chi connectivity index (χ0n) is 23.8. The Labute approximate surface area is 249 Å². The van der Waals surface area contributed by atoms with Crippen LogP contribution in [-0.2, 0) is 21.5 Å². The van der Waals surface area contributed by atoms with Crippen molar-refractivity contribution in [1.82, 2.24) is 9.78 Å². The Morgan fingerprint density at radius 2 is 1.70 bits per heavy atom. The Bertz CT molecular complexity index is 1630. The highest BCUT2D eigenvalue weighted by molar-refractivity contribution is 7.98. The second kappa shape index (κ2) is 12.3. The van der Waals surface area contributed by atoms with Crippen molar-refractivity contribution in [2.45, 2.75) is 56.2 Å². The summed E-state index contributed by atoms with van der Waals surface area (Å²) in [6.07, 6.45) is -7.72. The summed E-state index contributed by atoms with van der Waals surface area (Å²) in [7, 11) is 0. The molecule has 0 bridgehead atoms. The standard InChI is InChI=1S/C31H29F5N2O4S/c1-6-30(32,33)41-22-11-13-26-24(16-22)25(37-38(26)21-9-7-20(8-10-21)31(34,35)36)18-43-23-12-14-27(19(2)15-23)40-17-28(39)42-29(3,4)5/h6-16H,1,17-18H2,2-5H3. The van der Waals surface area contributed by atoms with Crippen LogP contribution in [0.4, 0.5) is 22.0 Å². The lowest BCUT2D eigenvalue weighted by Crippen LogP contribution is -2.27. The molecule has 0 aliphatic carbocycles. The molecule has 0 radical (unpaired) electrons. The van der Waals surface area contributed by atoms with Gasteiger partial charge in [-0.05, 0) is 93.9 Å². The minimum absolute atomic E-state index is 0.127. The number of carbonyl (C=O) groups is 1. The van der Waals surface area contributed by atoms with Gasteiger partial charge in [-0.15, -0.1) is 11.8 Å². The van der Waals surface area contributed by atoms with Crippen LogP contribution in [0, 0.1) is 6.92 Å². The molecule has 0 aliphatic heterocycles. The summed E-state index contributed by atoms with van der Waals surface area (Å²) in [5.74, 6) is 0.188. The molecule has 0 fully saturated rings. The lowest BCUT2D eigenvalue weighted by atomic mass is 10.2. The van der Waals surface area contributed by atoms with Gasteiger partial charge in [0.2, 0.25) is 0 Å². The fraction of sp³-hybridized carbons (Fsp3) is 0.290. The van der Waals surface area contributed by atoms with Gasteiger partial charge in [-0.1, -0.05) is 6.58 Å². The van der Waals surface area contributed by atoms with Gasteiger partial charge in [-0.3, -0.25) is 0 Å². The quantitative estimate of drug-likeness (QED) is 0.0767. The number of nitrogens with zero attached hydrogens (tertiary/aromatic N) is 2. The van der Waals surface area contributed by atoms with E-state index in [1.807, 2.05) is 13.0 Å². The molecular weight excluding hydrogens is 591 g/mol. The molecule has 0 spiro atoms. The van der Waals surface area contributed by atoms with E-state index in [1.54, 1.807) is 32.9 Å². The van der Waals surface area contributed by atoms with Crippen LogP contribution < -0.4 is 9.47 Å². The molecule has 4 rings (SSSR count). The summed E-state index contributed by atoms with van der Waals surface area (Å²) in [5, 5.41) is 5.10. The van der Waals surface area contributed by atoms with Crippen molar-refractivity contribution in [2.24, 2.45) is 0 Å². The molecule has 0 atom stereocenters. The van der Waals surface area contributed by atoms with Gasteiger partial charge in [0.05, 0.1) is 22.5 Å². The van der Waals surface area contributed by atoms with E-state index >= 15 is 0 Å². The molecule has 0 amide bonds. The molecular formula is C31H29F5N2O4S. The number of hydrogen-bond donors (Lipinski definition) is 0. The molecule has 0 unspecified atom stereocenters. The number of rotatable bonds is 10. The van der Waals surface area contributed by atoms with Crippen molar-refractivity contribution in [3.8, 4) is 17.2 Å². The van der Waals surface area contributed by atoms with Crippen molar-refractivity contribution in [2.75, 3.05) is 6.61 Å². The molecule has 0 saturated heterocycles. The number of halogens is 5. The zero-order chi connectivity index (χ0) is 31.6. The van der Waals surface area contributed by atoms with Crippen LogP contribution in [0.2, 0.25) is 0 Å². The molecule has 43 heavy (non-hydrogen) atoms. The Morgan fingerprint density at radius 1 is 1.00 bits per heavy atom. The summed E-state index contributed by atoms with van der Waals surface area (Å²) >= 11 is 1.40. The van der Waals surface area contributed by atoms with Gasteiger partial charge in [0.15, 0.2) is 6.61 Å². The van der Waals surface area contributed by atoms with Gasteiger partial charge in [0.25, 0.3) is 0 Å². The van der Waals surface area contributed by atoms with Crippen LogP contribution in [0.1, 0.15) is 37.6 Å². The van der Waals surface area contributed by atoms with Crippen LogP contribution in [0.15, 0.2) is 78.2 Å². The van der Waals surface area contributed by atoms with Crippen molar-refractivity contribution in [1.29, 1.82) is 0 Å². The maximum absolute atomic E-state index is 13.9. The minimum atomic E-state index is -4.50. The number of esters is 1. The Hall–Kier alpha value is -4.06. The topological polar surface area (TPSA) is 62.6 Å². The molecule has 1 heterocycles. The van der Waals surface area contributed by atoms with Gasteiger partial charge in [0, 0.05) is 22.1 Å². The average molecular weight is 621 g/mol. The lowest BCUT2D eigenvalue weighted by Gasteiger charge is -2.19. The monoisotopic (exact) mass is 620 g/mol. The van der Waals surface area contributed by atoms with E-state index < -0.39 is 29.4 Å². The van der Waals surface area contributed by atoms with E-state index in [9.17, 15) is 26.7 Å². The largest absolute Gasteiger partial charge is 0.482 e. The molecule has 0 saturated carbocycles. The Morgan fingerprint density at radius 3 is 2.30 bits per heavy atom. The van der Waals surface area contributed by atoms with Gasteiger partial charge >= 0.3 is 18.3 Å². The number of alkyl halides is 5. The number of ether oxygens (including phenoxy) is 3. The van der Waals surface area contributed by atoms with Crippen molar-refractivity contribution in [3.05, 3.63) is 90.1 Å². The number of aryl methyl sites for hydroxylation is 1.